The average molecular weight is 408 g/mol. The van der Waals surface area contributed by atoms with Crippen LogP contribution in [0.2, 0.25) is 0 Å². The lowest BCUT2D eigenvalue weighted by Crippen LogP contribution is -2.38. The number of sulfonamides is 1. The highest BCUT2D eigenvalue weighted by molar-refractivity contribution is 7.88. The lowest BCUT2D eigenvalue weighted by Gasteiger charge is -2.30. The minimum Gasteiger partial charge on any atom is -0.351 e. The van der Waals surface area contributed by atoms with Crippen LogP contribution < -0.4 is 5.32 Å². The number of imidazole rings is 1. The molecule has 0 spiro atoms. The molecule has 3 rings (SSSR count). The summed E-state index contributed by atoms with van der Waals surface area (Å²) in [6.45, 7) is 2.43. The van der Waals surface area contributed by atoms with Crippen molar-refractivity contribution in [3.8, 4) is 0 Å². The molecule has 1 amide bonds. The zero-order valence-corrected chi connectivity index (χ0v) is 17.6. The van der Waals surface area contributed by atoms with Crippen LogP contribution in [0.4, 0.5) is 0 Å². The molecule has 1 fully saturated rings. The number of piperidine rings is 1. The first-order valence-electron chi connectivity index (χ1n) is 9.62. The van der Waals surface area contributed by atoms with Crippen LogP contribution in [0.5, 0.6) is 0 Å². The predicted octanol–water partition coefficient (Wildman–Crippen LogP) is 1.15. The average Bonchev–Trinajstić information content (AvgIpc) is 3.04. The number of nitrogens with one attached hydrogen (secondary N) is 1. The van der Waals surface area contributed by atoms with Gasteiger partial charge in [0.25, 0.3) is 5.91 Å². The van der Waals surface area contributed by atoms with Crippen LogP contribution in [-0.4, -0.2) is 79.4 Å². The number of fused-ring (bicyclic) bond motifs is 1. The molecule has 154 valence electrons. The highest BCUT2D eigenvalue weighted by Crippen LogP contribution is 2.29. The van der Waals surface area contributed by atoms with Crippen LogP contribution >= 0.6 is 0 Å². The highest BCUT2D eigenvalue weighted by Gasteiger charge is 2.30. The Labute approximate surface area is 166 Å². The quantitative estimate of drug-likeness (QED) is 0.696. The summed E-state index contributed by atoms with van der Waals surface area (Å²) in [5.41, 5.74) is 1.15. The lowest BCUT2D eigenvalue weighted by atomic mass is 9.99. The van der Waals surface area contributed by atoms with Crippen molar-refractivity contribution in [3.63, 3.8) is 0 Å². The van der Waals surface area contributed by atoms with Gasteiger partial charge in [-0.3, -0.25) is 4.79 Å². The summed E-state index contributed by atoms with van der Waals surface area (Å²) in [6, 6.07) is 5.66. The number of aromatic nitrogens is 2. The van der Waals surface area contributed by atoms with Crippen molar-refractivity contribution >= 4 is 21.4 Å². The normalized spacial score (nSPS) is 18.6. The molecule has 0 bridgehead atoms. The van der Waals surface area contributed by atoms with Gasteiger partial charge in [-0.05, 0) is 52.0 Å². The van der Waals surface area contributed by atoms with Crippen LogP contribution in [0.15, 0.2) is 24.4 Å². The summed E-state index contributed by atoms with van der Waals surface area (Å²) in [5, 5.41) is 2.95. The van der Waals surface area contributed by atoms with E-state index in [9.17, 15) is 13.2 Å². The number of rotatable bonds is 7. The van der Waals surface area contributed by atoms with Gasteiger partial charge in [0.1, 0.15) is 5.82 Å². The molecule has 3 heterocycles. The van der Waals surface area contributed by atoms with Gasteiger partial charge in [-0.1, -0.05) is 6.07 Å². The molecule has 1 unspecified atom stereocenters. The maximum absolute atomic E-state index is 12.7. The molecule has 0 saturated carbocycles. The minimum absolute atomic E-state index is 0.0336. The molecule has 1 saturated heterocycles. The van der Waals surface area contributed by atoms with Gasteiger partial charge in [-0.25, -0.2) is 17.7 Å². The maximum Gasteiger partial charge on any atom is 0.272 e. The van der Waals surface area contributed by atoms with Gasteiger partial charge in [-0.2, -0.15) is 0 Å². The van der Waals surface area contributed by atoms with Crippen molar-refractivity contribution in [2.45, 2.75) is 25.2 Å². The van der Waals surface area contributed by atoms with Crippen molar-refractivity contribution in [2.24, 2.45) is 0 Å². The molecule has 9 heteroatoms. The van der Waals surface area contributed by atoms with E-state index in [1.165, 1.54) is 10.6 Å². The van der Waals surface area contributed by atoms with E-state index >= 15 is 0 Å². The Bertz CT molecular complexity index is 938. The molecule has 1 N–H and O–H groups in total. The van der Waals surface area contributed by atoms with E-state index in [-0.39, 0.29) is 11.8 Å². The first-order chi connectivity index (χ1) is 13.3. The van der Waals surface area contributed by atoms with E-state index in [2.05, 4.69) is 15.2 Å². The van der Waals surface area contributed by atoms with E-state index in [1.807, 2.05) is 42.9 Å². The second-order valence-corrected chi connectivity index (χ2v) is 9.63. The Morgan fingerprint density at radius 3 is 2.86 bits per heavy atom. The Morgan fingerprint density at radius 1 is 1.36 bits per heavy atom. The van der Waals surface area contributed by atoms with Crippen LogP contribution in [0.1, 0.15) is 41.5 Å². The van der Waals surface area contributed by atoms with E-state index < -0.39 is 10.0 Å². The third-order valence-electron chi connectivity index (χ3n) is 5.08. The molecule has 8 nitrogen and oxygen atoms in total. The Morgan fingerprint density at radius 2 is 2.14 bits per heavy atom. The number of carbonyl (C=O) groups excluding carboxylic acids is 1. The van der Waals surface area contributed by atoms with E-state index in [0.717, 1.165) is 37.1 Å². The Balaban J connectivity index is 1.83. The second kappa shape index (κ2) is 8.59. The summed E-state index contributed by atoms with van der Waals surface area (Å²) in [4.78, 5) is 19.5. The molecule has 1 aliphatic heterocycles. The summed E-state index contributed by atoms with van der Waals surface area (Å²) >= 11 is 0. The van der Waals surface area contributed by atoms with Crippen molar-refractivity contribution in [1.82, 2.24) is 23.9 Å². The van der Waals surface area contributed by atoms with Crippen molar-refractivity contribution < 1.29 is 13.2 Å². The molecular formula is C19H29N5O3S. The van der Waals surface area contributed by atoms with Crippen molar-refractivity contribution in [3.05, 3.63) is 35.9 Å². The number of hydrogen-bond donors (Lipinski definition) is 1. The van der Waals surface area contributed by atoms with E-state index in [0.29, 0.717) is 25.3 Å². The number of nitrogens with zero attached hydrogens (tertiary/aromatic N) is 4. The first kappa shape index (κ1) is 20.8. The Kier molecular flexibility index (Phi) is 6.36. The van der Waals surface area contributed by atoms with Crippen LogP contribution in [-0.2, 0) is 10.0 Å². The number of hydrogen-bond acceptors (Lipinski definition) is 5. The molecule has 1 aliphatic rings. The van der Waals surface area contributed by atoms with E-state index in [4.69, 9.17) is 0 Å². The third kappa shape index (κ3) is 4.71. The first-order valence-corrected chi connectivity index (χ1v) is 11.5. The lowest BCUT2D eigenvalue weighted by molar-refractivity contribution is 0.0949. The van der Waals surface area contributed by atoms with Crippen LogP contribution in [0.25, 0.3) is 5.52 Å². The van der Waals surface area contributed by atoms with Gasteiger partial charge in [0.05, 0.1) is 11.8 Å². The topological polar surface area (TPSA) is 87.0 Å². The molecule has 0 aromatic carbocycles. The van der Waals surface area contributed by atoms with Gasteiger partial charge < -0.3 is 14.6 Å². The molecule has 1 atom stereocenters. The van der Waals surface area contributed by atoms with Crippen LogP contribution in [0, 0.1) is 0 Å². The second-order valence-electron chi connectivity index (χ2n) is 7.65. The molecule has 2 aromatic heterocycles. The van der Waals surface area contributed by atoms with Gasteiger partial charge in [0.15, 0.2) is 5.69 Å². The maximum atomic E-state index is 12.7. The van der Waals surface area contributed by atoms with Gasteiger partial charge in [0.2, 0.25) is 10.0 Å². The van der Waals surface area contributed by atoms with Crippen LogP contribution in [0.3, 0.4) is 0 Å². The summed E-state index contributed by atoms with van der Waals surface area (Å²) in [6.07, 6.45) is 5.63. The number of pyridine rings is 1. The minimum atomic E-state index is -3.24. The summed E-state index contributed by atoms with van der Waals surface area (Å²) < 4.78 is 27.4. The monoisotopic (exact) mass is 407 g/mol. The molecule has 2 aromatic rings. The molecule has 0 aliphatic carbocycles. The van der Waals surface area contributed by atoms with E-state index in [1.54, 1.807) is 0 Å². The van der Waals surface area contributed by atoms with Gasteiger partial charge in [0, 0.05) is 31.7 Å². The summed E-state index contributed by atoms with van der Waals surface area (Å²) in [5.74, 6) is 0.528. The summed E-state index contributed by atoms with van der Waals surface area (Å²) in [7, 11) is 0.763. The zero-order valence-electron chi connectivity index (χ0n) is 16.8. The predicted molar refractivity (Wildman–Crippen MR) is 109 cm³/mol. The van der Waals surface area contributed by atoms with Gasteiger partial charge in [-0.15, -0.1) is 0 Å². The fraction of sp³-hybridized carbons (Fsp3) is 0.579. The van der Waals surface area contributed by atoms with Gasteiger partial charge >= 0.3 is 0 Å². The fourth-order valence-corrected chi connectivity index (χ4v) is 4.56. The highest BCUT2D eigenvalue weighted by atomic mass is 32.2. The van der Waals surface area contributed by atoms with Crippen molar-refractivity contribution in [2.75, 3.05) is 46.5 Å². The zero-order chi connectivity index (χ0) is 20.3. The smallest absolute Gasteiger partial charge is 0.272 e. The third-order valence-corrected chi connectivity index (χ3v) is 6.35. The SMILES string of the molecule is CN(C)CCCNC(=O)c1nc(C2CCCN(S(C)(=O)=O)C2)n2ccccc12. The van der Waals surface area contributed by atoms with Crippen molar-refractivity contribution in [1.29, 1.82) is 0 Å². The molecule has 28 heavy (non-hydrogen) atoms. The Hall–Kier alpha value is -1.97. The molecule has 0 radical (unpaired) electrons. The standard InChI is InChI=1S/C19H29N5O3S/c1-22(2)11-7-10-20-19(25)17-16-9-4-5-13-24(16)18(21-17)15-8-6-12-23(14-15)28(3,26)27/h4-5,9,13,15H,6-8,10-12,14H2,1-3H3,(H,20,25). The molecular weight excluding hydrogens is 378 g/mol. The fourth-order valence-electron chi connectivity index (χ4n) is 3.65. The largest absolute Gasteiger partial charge is 0.351 e. The number of carbonyl (C=O) groups is 1. The number of amides is 1.